The van der Waals surface area contributed by atoms with Gasteiger partial charge in [-0.3, -0.25) is 4.79 Å². The summed E-state index contributed by atoms with van der Waals surface area (Å²) in [5, 5.41) is 3.03. The Balaban J connectivity index is 1.42. The number of nitrogens with zero attached hydrogens (tertiary/aromatic N) is 3. The van der Waals surface area contributed by atoms with Crippen LogP contribution in [0.3, 0.4) is 0 Å². The highest BCUT2D eigenvalue weighted by Gasteiger charge is 2.27. The fourth-order valence-corrected chi connectivity index (χ4v) is 3.86. The summed E-state index contributed by atoms with van der Waals surface area (Å²) < 4.78 is 14.1. The van der Waals surface area contributed by atoms with Gasteiger partial charge in [-0.05, 0) is 61.2 Å². The highest BCUT2D eigenvalue weighted by atomic mass is 79.9. The number of nitrogens with one attached hydrogen (secondary N) is 1. The van der Waals surface area contributed by atoms with Crippen molar-refractivity contribution in [3.8, 4) is 11.1 Å². The van der Waals surface area contributed by atoms with Crippen LogP contribution in [0.4, 0.5) is 16.0 Å². The van der Waals surface area contributed by atoms with Crippen molar-refractivity contribution in [3.05, 3.63) is 70.7 Å². The number of aryl methyl sites for hydroxylation is 1. The number of benzene rings is 2. The normalized spacial score (nSPS) is 16.4. The highest BCUT2D eigenvalue weighted by molar-refractivity contribution is 9.10. The Bertz CT molecular complexity index is 1040. The summed E-state index contributed by atoms with van der Waals surface area (Å²) in [6.45, 7) is 3.39. The molecule has 0 radical (unpaired) electrons. The predicted molar refractivity (Wildman–Crippen MR) is 120 cm³/mol. The van der Waals surface area contributed by atoms with Gasteiger partial charge >= 0.3 is 0 Å². The lowest BCUT2D eigenvalue weighted by Gasteiger charge is -2.32. The van der Waals surface area contributed by atoms with Crippen LogP contribution in [0.15, 0.2) is 59.3 Å². The lowest BCUT2D eigenvalue weighted by atomic mass is 9.97. The van der Waals surface area contributed by atoms with Gasteiger partial charge in [0.1, 0.15) is 5.82 Å². The molecular formula is C23H22BrFN4O. The van der Waals surface area contributed by atoms with Gasteiger partial charge < -0.3 is 10.2 Å². The highest BCUT2D eigenvalue weighted by Crippen LogP contribution is 2.25. The van der Waals surface area contributed by atoms with E-state index in [4.69, 9.17) is 0 Å². The molecule has 7 heteroatoms. The maximum atomic E-state index is 13.1. The number of amides is 1. The predicted octanol–water partition coefficient (Wildman–Crippen LogP) is 5.21. The number of halogens is 2. The third-order valence-corrected chi connectivity index (χ3v) is 6.21. The van der Waals surface area contributed by atoms with Crippen LogP contribution in [-0.4, -0.2) is 29.0 Å². The molecule has 1 aliphatic rings. The molecule has 0 spiro atoms. The van der Waals surface area contributed by atoms with E-state index in [-0.39, 0.29) is 17.6 Å². The summed E-state index contributed by atoms with van der Waals surface area (Å²) in [6, 6.07) is 12.0. The van der Waals surface area contributed by atoms with Gasteiger partial charge in [0.25, 0.3) is 0 Å². The number of rotatable bonds is 4. The van der Waals surface area contributed by atoms with E-state index in [1.54, 1.807) is 24.5 Å². The van der Waals surface area contributed by atoms with Crippen LogP contribution in [0.25, 0.3) is 11.1 Å². The number of carbonyl (C=O) groups excluding carboxylic acids is 1. The molecule has 4 rings (SSSR count). The van der Waals surface area contributed by atoms with Crippen molar-refractivity contribution in [2.24, 2.45) is 5.92 Å². The molecule has 1 N–H and O–H groups in total. The Hall–Kier alpha value is -2.80. The molecule has 2 aromatic carbocycles. The van der Waals surface area contributed by atoms with Crippen molar-refractivity contribution in [1.82, 2.24) is 9.97 Å². The molecular weight excluding hydrogens is 447 g/mol. The molecule has 3 aromatic rings. The van der Waals surface area contributed by atoms with E-state index in [2.05, 4.69) is 36.1 Å². The summed E-state index contributed by atoms with van der Waals surface area (Å²) in [6.07, 6.45) is 5.22. The first-order chi connectivity index (χ1) is 14.5. The Labute approximate surface area is 183 Å². The van der Waals surface area contributed by atoms with Gasteiger partial charge in [-0.25, -0.2) is 14.4 Å². The minimum absolute atomic E-state index is 0.0179. The van der Waals surface area contributed by atoms with Crippen LogP contribution >= 0.6 is 15.9 Å². The number of aromatic nitrogens is 2. The zero-order chi connectivity index (χ0) is 21.1. The monoisotopic (exact) mass is 468 g/mol. The third kappa shape index (κ3) is 4.67. The van der Waals surface area contributed by atoms with Gasteiger partial charge in [-0.2, -0.15) is 0 Å². The molecule has 1 fully saturated rings. The Kier molecular flexibility index (Phi) is 6.08. The fourth-order valence-electron chi connectivity index (χ4n) is 3.62. The summed E-state index contributed by atoms with van der Waals surface area (Å²) in [5.41, 5.74) is 3.57. The van der Waals surface area contributed by atoms with E-state index >= 15 is 0 Å². The van der Waals surface area contributed by atoms with Crippen molar-refractivity contribution in [2.45, 2.75) is 19.8 Å². The molecule has 1 atom stereocenters. The van der Waals surface area contributed by atoms with Crippen LogP contribution in [-0.2, 0) is 4.79 Å². The Morgan fingerprint density at radius 3 is 2.57 bits per heavy atom. The van der Waals surface area contributed by atoms with E-state index in [0.717, 1.165) is 46.2 Å². The topological polar surface area (TPSA) is 58.1 Å². The average Bonchev–Trinajstić information content (AvgIpc) is 2.77. The number of piperidine rings is 1. The molecule has 5 nitrogen and oxygen atoms in total. The van der Waals surface area contributed by atoms with Crippen molar-refractivity contribution in [1.29, 1.82) is 0 Å². The van der Waals surface area contributed by atoms with Crippen molar-refractivity contribution < 1.29 is 9.18 Å². The standard InChI is InChI=1S/C23H22BrFN4O/c1-15-11-20(8-9-21(15)24)28-22(30)17-3-2-10-29(14-17)23-26-12-18(13-27-23)16-4-6-19(25)7-5-16/h4-9,11-13,17H,2-3,10,14H2,1H3,(H,28,30)/t17-/m0/s1. The molecule has 1 aromatic heterocycles. The zero-order valence-electron chi connectivity index (χ0n) is 16.6. The SMILES string of the molecule is Cc1cc(NC(=O)[C@H]2CCCN(c3ncc(-c4ccc(F)cc4)cn3)C2)ccc1Br. The largest absolute Gasteiger partial charge is 0.340 e. The average molecular weight is 469 g/mol. The summed E-state index contributed by atoms with van der Waals surface area (Å²) in [4.78, 5) is 23.8. The van der Waals surface area contributed by atoms with Crippen molar-refractivity contribution in [2.75, 3.05) is 23.3 Å². The van der Waals surface area contributed by atoms with Gasteiger partial charge in [0, 0.05) is 41.2 Å². The maximum absolute atomic E-state index is 13.1. The van der Waals surface area contributed by atoms with Crippen LogP contribution in [0.2, 0.25) is 0 Å². The quantitative estimate of drug-likeness (QED) is 0.570. The number of carbonyl (C=O) groups is 1. The second-order valence-corrected chi connectivity index (χ2v) is 8.37. The molecule has 1 aliphatic heterocycles. The second kappa shape index (κ2) is 8.92. The molecule has 154 valence electrons. The van der Waals surface area contributed by atoms with Gasteiger partial charge in [0.05, 0.1) is 5.92 Å². The van der Waals surface area contributed by atoms with E-state index in [1.807, 2.05) is 25.1 Å². The van der Waals surface area contributed by atoms with Crippen molar-refractivity contribution in [3.63, 3.8) is 0 Å². The second-order valence-electron chi connectivity index (χ2n) is 7.52. The van der Waals surface area contributed by atoms with Gasteiger partial charge in [-0.15, -0.1) is 0 Å². The molecule has 1 saturated heterocycles. The summed E-state index contributed by atoms with van der Waals surface area (Å²) in [7, 11) is 0. The Morgan fingerprint density at radius 1 is 1.13 bits per heavy atom. The minimum atomic E-state index is -0.271. The summed E-state index contributed by atoms with van der Waals surface area (Å²) in [5.74, 6) is 0.234. The number of hydrogen-bond acceptors (Lipinski definition) is 4. The molecule has 0 saturated carbocycles. The molecule has 0 bridgehead atoms. The van der Waals surface area contributed by atoms with Gasteiger partial charge in [0.15, 0.2) is 0 Å². The number of anilines is 2. The first-order valence-electron chi connectivity index (χ1n) is 9.89. The molecule has 0 aliphatic carbocycles. The van der Waals surface area contributed by atoms with E-state index < -0.39 is 0 Å². The van der Waals surface area contributed by atoms with Gasteiger partial charge in [0.2, 0.25) is 11.9 Å². The minimum Gasteiger partial charge on any atom is -0.340 e. The zero-order valence-corrected chi connectivity index (χ0v) is 18.2. The lowest BCUT2D eigenvalue weighted by molar-refractivity contribution is -0.120. The van der Waals surface area contributed by atoms with Gasteiger partial charge in [-0.1, -0.05) is 28.1 Å². The summed E-state index contributed by atoms with van der Waals surface area (Å²) >= 11 is 3.48. The maximum Gasteiger partial charge on any atom is 0.229 e. The molecule has 1 amide bonds. The van der Waals surface area contributed by atoms with E-state index in [0.29, 0.717) is 12.5 Å². The Morgan fingerprint density at radius 2 is 1.87 bits per heavy atom. The van der Waals surface area contributed by atoms with Crippen molar-refractivity contribution >= 4 is 33.5 Å². The van der Waals surface area contributed by atoms with Crippen LogP contribution in [0.5, 0.6) is 0 Å². The first kappa shape index (κ1) is 20.5. The molecule has 2 heterocycles. The lowest BCUT2D eigenvalue weighted by Crippen LogP contribution is -2.41. The first-order valence-corrected chi connectivity index (χ1v) is 10.7. The van der Waals surface area contributed by atoms with Crippen LogP contribution in [0, 0.1) is 18.7 Å². The van der Waals surface area contributed by atoms with Crippen LogP contribution in [0.1, 0.15) is 18.4 Å². The third-order valence-electron chi connectivity index (χ3n) is 5.32. The molecule has 0 unspecified atom stereocenters. The fraction of sp³-hybridized carbons (Fsp3) is 0.261. The van der Waals surface area contributed by atoms with E-state index in [9.17, 15) is 9.18 Å². The van der Waals surface area contributed by atoms with Crippen LogP contribution < -0.4 is 10.2 Å². The number of hydrogen-bond donors (Lipinski definition) is 1. The molecule has 30 heavy (non-hydrogen) atoms. The van der Waals surface area contributed by atoms with E-state index in [1.165, 1.54) is 12.1 Å². The smallest absolute Gasteiger partial charge is 0.229 e.